The maximum Gasteiger partial charge on any atom is 0.193 e. The molecular weight excluding hydrogens is 262 g/mol. The lowest BCUT2D eigenvalue weighted by Gasteiger charge is -2.07. The number of nitrogens with two attached hydrogens (primary N) is 1. The van der Waals surface area contributed by atoms with E-state index < -0.39 is 0 Å². The van der Waals surface area contributed by atoms with Gasteiger partial charge in [-0.3, -0.25) is 0 Å². The molecule has 0 saturated heterocycles. The summed E-state index contributed by atoms with van der Waals surface area (Å²) >= 11 is 0. The molecule has 4 heteroatoms. The van der Waals surface area contributed by atoms with Crippen LogP contribution in [0.4, 0.5) is 5.69 Å². The summed E-state index contributed by atoms with van der Waals surface area (Å²) < 4.78 is 5.61. The number of anilines is 1. The molecule has 0 heterocycles. The maximum atomic E-state index is 5.83. The summed E-state index contributed by atoms with van der Waals surface area (Å²) in [5, 5.41) is 3.05. The molecule has 0 aliphatic carbocycles. The first-order valence-corrected chi connectivity index (χ1v) is 6.96. The first kappa shape index (κ1) is 14.9. The summed E-state index contributed by atoms with van der Waals surface area (Å²) in [6.45, 7) is 5.09. The van der Waals surface area contributed by atoms with Gasteiger partial charge in [-0.15, -0.1) is 0 Å². The molecule has 0 aromatic heterocycles. The number of nitrogens with one attached hydrogen (secondary N) is 1. The third-order valence-electron chi connectivity index (χ3n) is 2.96. The summed E-state index contributed by atoms with van der Waals surface area (Å²) in [5.41, 5.74) is 9.15. The van der Waals surface area contributed by atoms with Crippen molar-refractivity contribution in [3.05, 3.63) is 59.7 Å². The lowest BCUT2D eigenvalue weighted by molar-refractivity contribution is 0.328. The van der Waals surface area contributed by atoms with Gasteiger partial charge in [-0.05, 0) is 43.7 Å². The van der Waals surface area contributed by atoms with E-state index in [1.807, 2.05) is 62.4 Å². The largest absolute Gasteiger partial charge is 0.492 e. The maximum absolute atomic E-state index is 5.83. The Hall–Kier alpha value is -2.49. The Kier molecular flexibility index (Phi) is 5.21. The summed E-state index contributed by atoms with van der Waals surface area (Å²) in [6.07, 6.45) is 0. The molecule has 2 rings (SSSR count). The second kappa shape index (κ2) is 7.33. The van der Waals surface area contributed by atoms with E-state index in [1.54, 1.807) is 0 Å². The van der Waals surface area contributed by atoms with Crippen LogP contribution in [-0.2, 0) is 0 Å². The van der Waals surface area contributed by atoms with Crippen molar-refractivity contribution in [2.75, 3.05) is 18.5 Å². The van der Waals surface area contributed by atoms with Crippen LogP contribution >= 0.6 is 0 Å². The van der Waals surface area contributed by atoms with E-state index in [4.69, 9.17) is 10.5 Å². The number of rotatable bonds is 5. The van der Waals surface area contributed by atoms with Crippen LogP contribution in [0.3, 0.4) is 0 Å². The minimum Gasteiger partial charge on any atom is -0.492 e. The van der Waals surface area contributed by atoms with Gasteiger partial charge in [-0.2, -0.15) is 0 Å². The summed E-state index contributed by atoms with van der Waals surface area (Å²) in [4.78, 5) is 4.24. The van der Waals surface area contributed by atoms with Gasteiger partial charge in [0.2, 0.25) is 0 Å². The predicted octanol–water partition coefficient (Wildman–Crippen LogP) is 3.11. The third kappa shape index (κ3) is 5.18. The van der Waals surface area contributed by atoms with E-state index in [0.29, 0.717) is 19.1 Å². The van der Waals surface area contributed by atoms with Crippen molar-refractivity contribution < 1.29 is 4.74 Å². The molecule has 21 heavy (non-hydrogen) atoms. The number of aryl methyl sites for hydroxylation is 2. The monoisotopic (exact) mass is 283 g/mol. The lowest BCUT2D eigenvalue weighted by Crippen LogP contribution is -2.23. The minimum atomic E-state index is 0.395. The van der Waals surface area contributed by atoms with Crippen LogP contribution in [0.5, 0.6) is 5.75 Å². The lowest BCUT2D eigenvalue weighted by atomic mass is 10.2. The highest BCUT2D eigenvalue weighted by atomic mass is 16.5. The first-order valence-electron chi connectivity index (χ1n) is 6.96. The Morgan fingerprint density at radius 3 is 2.57 bits per heavy atom. The van der Waals surface area contributed by atoms with Crippen LogP contribution < -0.4 is 15.8 Å². The van der Waals surface area contributed by atoms with Gasteiger partial charge in [0.25, 0.3) is 0 Å². The van der Waals surface area contributed by atoms with Gasteiger partial charge in [0.1, 0.15) is 12.4 Å². The number of hydrogen-bond donors (Lipinski definition) is 2. The molecule has 0 atom stereocenters. The number of guanidine groups is 1. The molecular formula is C17H21N3O. The van der Waals surface area contributed by atoms with Gasteiger partial charge in [0.15, 0.2) is 5.96 Å². The molecule has 2 aromatic rings. The average Bonchev–Trinajstić information content (AvgIpc) is 2.46. The van der Waals surface area contributed by atoms with Gasteiger partial charge in [0, 0.05) is 5.69 Å². The molecule has 0 amide bonds. The van der Waals surface area contributed by atoms with E-state index in [1.165, 1.54) is 11.1 Å². The molecule has 3 N–H and O–H groups in total. The van der Waals surface area contributed by atoms with E-state index in [0.717, 1.165) is 11.4 Å². The Morgan fingerprint density at radius 2 is 1.86 bits per heavy atom. The predicted molar refractivity (Wildman–Crippen MR) is 88.0 cm³/mol. The zero-order valence-corrected chi connectivity index (χ0v) is 12.5. The van der Waals surface area contributed by atoms with E-state index in [2.05, 4.69) is 10.3 Å². The first-order chi connectivity index (χ1) is 10.1. The van der Waals surface area contributed by atoms with Crippen LogP contribution in [0, 0.1) is 13.8 Å². The van der Waals surface area contributed by atoms with E-state index >= 15 is 0 Å². The third-order valence-corrected chi connectivity index (χ3v) is 2.96. The molecule has 0 bridgehead atoms. The molecule has 0 unspecified atom stereocenters. The quantitative estimate of drug-likeness (QED) is 0.503. The zero-order valence-electron chi connectivity index (χ0n) is 12.5. The highest BCUT2D eigenvalue weighted by molar-refractivity contribution is 5.92. The highest BCUT2D eigenvalue weighted by Gasteiger charge is 1.96. The summed E-state index contributed by atoms with van der Waals surface area (Å²) in [6, 6.07) is 15.9. The molecule has 0 saturated carbocycles. The number of hydrogen-bond acceptors (Lipinski definition) is 2. The number of aliphatic imine (C=N–C) groups is 1. The number of ether oxygens (including phenoxy) is 1. The van der Waals surface area contributed by atoms with E-state index in [-0.39, 0.29) is 0 Å². The van der Waals surface area contributed by atoms with Crippen molar-refractivity contribution in [2.24, 2.45) is 10.7 Å². The smallest absolute Gasteiger partial charge is 0.193 e. The van der Waals surface area contributed by atoms with Crippen molar-refractivity contribution in [1.29, 1.82) is 0 Å². The van der Waals surface area contributed by atoms with Gasteiger partial charge >= 0.3 is 0 Å². The molecule has 0 spiro atoms. The fraction of sp³-hybridized carbons (Fsp3) is 0.235. The number of nitrogens with zero attached hydrogens (tertiary/aromatic N) is 1. The molecule has 0 fully saturated rings. The standard InChI is InChI=1S/C17H21N3O/c1-13-6-8-15(9-7-13)20-17(18)19-10-11-21-16-5-3-4-14(2)12-16/h3-9,12H,10-11H2,1-2H3,(H3,18,19,20). The minimum absolute atomic E-state index is 0.395. The molecule has 0 aliphatic heterocycles. The van der Waals surface area contributed by atoms with Crippen LogP contribution in [0.1, 0.15) is 11.1 Å². The SMILES string of the molecule is Cc1ccc(NC(N)=NCCOc2cccc(C)c2)cc1. The Morgan fingerprint density at radius 1 is 1.10 bits per heavy atom. The van der Waals surface area contributed by atoms with E-state index in [9.17, 15) is 0 Å². The second-order valence-electron chi connectivity index (χ2n) is 4.92. The Balaban J connectivity index is 1.77. The Labute approximate surface area is 125 Å². The second-order valence-corrected chi connectivity index (χ2v) is 4.92. The van der Waals surface area contributed by atoms with Gasteiger partial charge < -0.3 is 15.8 Å². The zero-order chi connectivity index (χ0) is 15.1. The van der Waals surface area contributed by atoms with Crippen molar-refractivity contribution in [3.8, 4) is 5.75 Å². The van der Waals surface area contributed by atoms with Crippen molar-refractivity contribution in [3.63, 3.8) is 0 Å². The molecule has 0 radical (unpaired) electrons. The van der Waals surface area contributed by atoms with Crippen molar-refractivity contribution in [1.82, 2.24) is 0 Å². The van der Waals surface area contributed by atoms with Crippen LogP contribution in [0.15, 0.2) is 53.5 Å². The van der Waals surface area contributed by atoms with Crippen molar-refractivity contribution >= 4 is 11.6 Å². The van der Waals surface area contributed by atoms with Gasteiger partial charge in [0.05, 0.1) is 6.54 Å². The normalized spacial score (nSPS) is 11.2. The fourth-order valence-electron chi connectivity index (χ4n) is 1.86. The Bertz CT molecular complexity index is 606. The molecule has 4 nitrogen and oxygen atoms in total. The fourth-order valence-corrected chi connectivity index (χ4v) is 1.86. The topological polar surface area (TPSA) is 59.6 Å². The average molecular weight is 283 g/mol. The number of benzene rings is 2. The molecule has 2 aromatic carbocycles. The van der Waals surface area contributed by atoms with Crippen molar-refractivity contribution in [2.45, 2.75) is 13.8 Å². The van der Waals surface area contributed by atoms with Crippen LogP contribution in [0.25, 0.3) is 0 Å². The van der Waals surface area contributed by atoms with Crippen LogP contribution in [0.2, 0.25) is 0 Å². The van der Waals surface area contributed by atoms with Crippen LogP contribution in [-0.4, -0.2) is 19.1 Å². The van der Waals surface area contributed by atoms with Gasteiger partial charge in [-0.25, -0.2) is 4.99 Å². The van der Waals surface area contributed by atoms with Gasteiger partial charge in [-0.1, -0.05) is 29.8 Å². The molecule has 110 valence electrons. The summed E-state index contributed by atoms with van der Waals surface area (Å²) in [5.74, 6) is 1.25. The molecule has 0 aliphatic rings. The summed E-state index contributed by atoms with van der Waals surface area (Å²) in [7, 11) is 0. The highest BCUT2D eigenvalue weighted by Crippen LogP contribution is 2.12.